The molecule has 0 aliphatic carbocycles. The second kappa shape index (κ2) is 7.50. The Kier molecular flexibility index (Phi) is 4.88. The zero-order valence-electron chi connectivity index (χ0n) is 16.2. The molecule has 0 bridgehead atoms. The van der Waals surface area contributed by atoms with Gasteiger partial charge in [-0.2, -0.15) is 5.10 Å². The van der Waals surface area contributed by atoms with Crippen LogP contribution in [0.1, 0.15) is 29.8 Å². The summed E-state index contributed by atoms with van der Waals surface area (Å²) in [7, 11) is 0. The Morgan fingerprint density at radius 3 is 2.55 bits per heavy atom. The molecule has 0 saturated carbocycles. The van der Waals surface area contributed by atoms with E-state index in [9.17, 15) is 14.0 Å². The second-order valence-corrected chi connectivity index (χ2v) is 7.45. The van der Waals surface area contributed by atoms with E-state index in [1.165, 1.54) is 12.1 Å². The standard InChI is InChI=1S/C22H21FN4O2/c1-14(2)12-24-21(28)16-5-8-18-20(11-16)26(13-15-3-6-17(23)7-4-15)22(29)19-9-10-25-27(18)19/h3-11,14H,12-13H2,1-2H3,(H,24,28). The molecule has 2 heterocycles. The van der Waals surface area contributed by atoms with Crippen LogP contribution in [0.15, 0.2) is 59.5 Å². The summed E-state index contributed by atoms with van der Waals surface area (Å²) in [5.41, 5.74) is 2.78. The maximum atomic E-state index is 13.3. The predicted octanol–water partition coefficient (Wildman–Crippen LogP) is 3.22. The number of nitrogens with zero attached hydrogens (tertiary/aromatic N) is 3. The van der Waals surface area contributed by atoms with Crippen LogP contribution in [0.4, 0.5) is 4.39 Å². The highest BCUT2D eigenvalue weighted by atomic mass is 19.1. The van der Waals surface area contributed by atoms with Crippen molar-refractivity contribution >= 4 is 22.5 Å². The molecule has 2 aromatic carbocycles. The van der Waals surface area contributed by atoms with E-state index in [1.807, 2.05) is 13.8 Å². The van der Waals surface area contributed by atoms with E-state index in [0.717, 1.165) is 5.56 Å². The van der Waals surface area contributed by atoms with Gasteiger partial charge in [-0.1, -0.05) is 26.0 Å². The smallest absolute Gasteiger partial charge is 0.277 e. The summed E-state index contributed by atoms with van der Waals surface area (Å²) in [5.74, 6) is -0.192. The lowest BCUT2D eigenvalue weighted by molar-refractivity contribution is 0.0949. The van der Waals surface area contributed by atoms with Crippen molar-refractivity contribution in [2.45, 2.75) is 20.4 Å². The molecule has 148 valence electrons. The summed E-state index contributed by atoms with van der Waals surface area (Å²) in [5, 5.41) is 7.15. The third-order valence-electron chi connectivity index (χ3n) is 4.79. The van der Waals surface area contributed by atoms with E-state index in [-0.39, 0.29) is 23.8 Å². The zero-order valence-corrected chi connectivity index (χ0v) is 16.2. The molecule has 0 saturated heterocycles. The molecule has 0 radical (unpaired) electrons. The molecule has 4 rings (SSSR count). The molecule has 7 heteroatoms. The lowest BCUT2D eigenvalue weighted by Crippen LogP contribution is -2.28. The van der Waals surface area contributed by atoms with Crippen LogP contribution in [-0.2, 0) is 6.54 Å². The number of rotatable bonds is 5. The average molecular weight is 392 g/mol. The Balaban J connectivity index is 1.87. The van der Waals surface area contributed by atoms with Gasteiger partial charge < -0.3 is 9.88 Å². The number of fused-ring (bicyclic) bond motifs is 3. The first-order chi connectivity index (χ1) is 13.9. The Bertz CT molecular complexity index is 1260. The van der Waals surface area contributed by atoms with Crippen molar-refractivity contribution in [2.75, 3.05) is 6.54 Å². The number of amides is 1. The largest absolute Gasteiger partial charge is 0.352 e. The molecule has 0 aliphatic heterocycles. The fraction of sp³-hybridized carbons (Fsp3) is 0.227. The summed E-state index contributed by atoms with van der Waals surface area (Å²) in [4.78, 5) is 25.6. The summed E-state index contributed by atoms with van der Waals surface area (Å²) < 4.78 is 16.4. The number of hydrogen-bond donors (Lipinski definition) is 1. The monoisotopic (exact) mass is 392 g/mol. The molecule has 0 spiro atoms. The number of carbonyl (C=O) groups excluding carboxylic acids is 1. The minimum Gasteiger partial charge on any atom is -0.352 e. The average Bonchev–Trinajstić information content (AvgIpc) is 3.20. The third kappa shape index (κ3) is 3.63. The molecule has 4 aromatic rings. The summed E-state index contributed by atoms with van der Waals surface area (Å²) in [6.07, 6.45) is 1.57. The number of carbonyl (C=O) groups is 1. The van der Waals surface area contributed by atoms with E-state index in [2.05, 4.69) is 10.4 Å². The first kappa shape index (κ1) is 18.9. The highest BCUT2D eigenvalue weighted by Gasteiger charge is 2.15. The fourth-order valence-electron chi connectivity index (χ4n) is 3.29. The van der Waals surface area contributed by atoms with Gasteiger partial charge in [0.1, 0.15) is 11.3 Å². The molecule has 0 unspecified atom stereocenters. The van der Waals surface area contributed by atoms with Crippen LogP contribution in [0.25, 0.3) is 16.6 Å². The van der Waals surface area contributed by atoms with Gasteiger partial charge >= 0.3 is 0 Å². The highest BCUT2D eigenvalue weighted by Crippen LogP contribution is 2.18. The van der Waals surface area contributed by atoms with Crippen molar-refractivity contribution in [2.24, 2.45) is 5.92 Å². The van der Waals surface area contributed by atoms with E-state index in [0.29, 0.717) is 34.6 Å². The van der Waals surface area contributed by atoms with Crippen LogP contribution < -0.4 is 10.9 Å². The zero-order chi connectivity index (χ0) is 20.5. The van der Waals surface area contributed by atoms with Gasteiger partial charge in [0.15, 0.2) is 0 Å². The normalized spacial score (nSPS) is 11.4. The van der Waals surface area contributed by atoms with Crippen molar-refractivity contribution < 1.29 is 9.18 Å². The van der Waals surface area contributed by atoms with Gasteiger partial charge in [0.05, 0.1) is 23.8 Å². The highest BCUT2D eigenvalue weighted by molar-refractivity contribution is 5.97. The molecule has 0 atom stereocenters. The molecule has 29 heavy (non-hydrogen) atoms. The van der Waals surface area contributed by atoms with Gasteiger partial charge in [-0.05, 0) is 47.9 Å². The van der Waals surface area contributed by atoms with E-state index in [4.69, 9.17) is 0 Å². The Morgan fingerprint density at radius 1 is 1.07 bits per heavy atom. The lowest BCUT2D eigenvalue weighted by Gasteiger charge is -2.14. The Hall–Kier alpha value is -3.48. The Morgan fingerprint density at radius 2 is 1.83 bits per heavy atom. The van der Waals surface area contributed by atoms with Crippen LogP contribution in [0, 0.1) is 11.7 Å². The second-order valence-electron chi connectivity index (χ2n) is 7.45. The molecule has 1 amide bonds. The first-order valence-corrected chi connectivity index (χ1v) is 9.47. The number of nitrogens with one attached hydrogen (secondary N) is 1. The van der Waals surface area contributed by atoms with Gasteiger partial charge in [0.25, 0.3) is 11.5 Å². The maximum Gasteiger partial charge on any atom is 0.277 e. The van der Waals surface area contributed by atoms with E-state index < -0.39 is 0 Å². The minimum atomic E-state index is -0.332. The van der Waals surface area contributed by atoms with Crippen LogP contribution >= 0.6 is 0 Å². The molecular formula is C22H21FN4O2. The van der Waals surface area contributed by atoms with E-state index >= 15 is 0 Å². The molecule has 0 aliphatic rings. The predicted molar refractivity (Wildman–Crippen MR) is 110 cm³/mol. The van der Waals surface area contributed by atoms with Crippen molar-refractivity contribution in [1.29, 1.82) is 0 Å². The molecule has 6 nitrogen and oxygen atoms in total. The first-order valence-electron chi connectivity index (χ1n) is 9.47. The van der Waals surface area contributed by atoms with Crippen molar-refractivity contribution in [3.05, 3.63) is 82.0 Å². The van der Waals surface area contributed by atoms with Gasteiger partial charge in [-0.25, -0.2) is 8.91 Å². The van der Waals surface area contributed by atoms with Crippen molar-refractivity contribution in [3.8, 4) is 0 Å². The van der Waals surface area contributed by atoms with Crippen LogP contribution in [0.5, 0.6) is 0 Å². The molecular weight excluding hydrogens is 371 g/mol. The number of hydrogen-bond acceptors (Lipinski definition) is 3. The van der Waals surface area contributed by atoms with Gasteiger partial charge in [0.2, 0.25) is 0 Å². The van der Waals surface area contributed by atoms with Gasteiger partial charge in [-0.15, -0.1) is 0 Å². The van der Waals surface area contributed by atoms with Crippen LogP contribution in [-0.4, -0.2) is 26.6 Å². The summed E-state index contributed by atoms with van der Waals surface area (Å²) in [6, 6.07) is 12.9. The van der Waals surface area contributed by atoms with Gasteiger partial charge in [-0.3, -0.25) is 9.59 Å². The summed E-state index contributed by atoms with van der Waals surface area (Å²) in [6.45, 7) is 4.87. The Labute approximate surface area is 166 Å². The van der Waals surface area contributed by atoms with E-state index in [1.54, 1.807) is 51.7 Å². The quantitative estimate of drug-likeness (QED) is 0.567. The van der Waals surface area contributed by atoms with Crippen LogP contribution in [0.3, 0.4) is 0 Å². The number of halogens is 1. The van der Waals surface area contributed by atoms with Crippen molar-refractivity contribution in [3.63, 3.8) is 0 Å². The number of aromatic nitrogens is 3. The SMILES string of the molecule is CC(C)CNC(=O)c1ccc2c(c1)n(Cc1ccc(F)cc1)c(=O)c1ccnn12. The lowest BCUT2D eigenvalue weighted by atomic mass is 10.1. The topological polar surface area (TPSA) is 68.4 Å². The summed E-state index contributed by atoms with van der Waals surface area (Å²) >= 11 is 0. The van der Waals surface area contributed by atoms with Crippen LogP contribution in [0.2, 0.25) is 0 Å². The minimum absolute atomic E-state index is 0.193. The fourth-order valence-corrected chi connectivity index (χ4v) is 3.29. The third-order valence-corrected chi connectivity index (χ3v) is 4.79. The molecule has 2 aromatic heterocycles. The molecule has 0 fully saturated rings. The number of benzene rings is 2. The van der Waals surface area contributed by atoms with Crippen molar-refractivity contribution in [1.82, 2.24) is 19.5 Å². The molecule has 1 N–H and O–H groups in total. The maximum absolute atomic E-state index is 13.3. The van der Waals surface area contributed by atoms with Gasteiger partial charge in [0, 0.05) is 12.1 Å².